The molecule has 2 aromatic rings. The molecule has 1 N–H and O–H groups in total. The van der Waals surface area contributed by atoms with Crippen molar-refractivity contribution in [3.8, 4) is 0 Å². The molecular formula is C13H16ClNS. The molecule has 0 spiro atoms. The summed E-state index contributed by atoms with van der Waals surface area (Å²) >= 11 is 7.82. The Hall–Kier alpha value is -0.570. The van der Waals surface area contributed by atoms with E-state index in [9.17, 15) is 0 Å². The number of thiophene rings is 1. The van der Waals surface area contributed by atoms with Crippen molar-refractivity contribution >= 4 is 33.0 Å². The minimum absolute atomic E-state index is 0.827. The first kappa shape index (κ1) is 11.9. The molecule has 0 aliphatic heterocycles. The van der Waals surface area contributed by atoms with E-state index in [0.717, 1.165) is 24.5 Å². The molecule has 1 aromatic heterocycles. The fraction of sp³-hybridized carbons (Fsp3) is 0.385. The second-order valence-corrected chi connectivity index (χ2v) is 5.25. The second kappa shape index (κ2) is 5.67. The summed E-state index contributed by atoms with van der Waals surface area (Å²) in [6.07, 6.45) is 2.27. The summed E-state index contributed by atoms with van der Waals surface area (Å²) in [5.74, 6) is 0. The molecule has 1 nitrogen and oxygen atoms in total. The zero-order valence-electron chi connectivity index (χ0n) is 9.42. The van der Waals surface area contributed by atoms with Gasteiger partial charge in [0.2, 0.25) is 0 Å². The highest BCUT2D eigenvalue weighted by Gasteiger charge is 2.04. The Kier molecular flexibility index (Phi) is 4.22. The molecule has 0 bridgehead atoms. The van der Waals surface area contributed by atoms with Gasteiger partial charge in [0.15, 0.2) is 0 Å². The topological polar surface area (TPSA) is 12.0 Å². The summed E-state index contributed by atoms with van der Waals surface area (Å²) < 4.78 is 1.33. The quantitative estimate of drug-likeness (QED) is 0.792. The van der Waals surface area contributed by atoms with Gasteiger partial charge in [-0.3, -0.25) is 0 Å². The van der Waals surface area contributed by atoms with E-state index >= 15 is 0 Å². The highest BCUT2D eigenvalue weighted by atomic mass is 35.5. The number of hydrogen-bond acceptors (Lipinski definition) is 2. The molecule has 2 rings (SSSR count). The van der Waals surface area contributed by atoms with E-state index in [0.29, 0.717) is 0 Å². The summed E-state index contributed by atoms with van der Waals surface area (Å²) in [6, 6.07) is 6.13. The Morgan fingerprint density at radius 1 is 1.31 bits per heavy atom. The van der Waals surface area contributed by atoms with Crippen LogP contribution in [0.15, 0.2) is 23.6 Å². The molecule has 16 heavy (non-hydrogen) atoms. The lowest BCUT2D eigenvalue weighted by Crippen LogP contribution is -2.17. The molecule has 3 heteroatoms. The van der Waals surface area contributed by atoms with Crippen molar-refractivity contribution in [3.63, 3.8) is 0 Å². The number of rotatable bonds is 5. The molecule has 1 heterocycles. The van der Waals surface area contributed by atoms with Crippen LogP contribution >= 0.6 is 22.9 Å². The van der Waals surface area contributed by atoms with Crippen LogP contribution in [0.25, 0.3) is 10.1 Å². The Labute approximate surface area is 105 Å². The maximum absolute atomic E-state index is 6.02. The summed E-state index contributed by atoms with van der Waals surface area (Å²) in [5.41, 5.74) is 1.41. The zero-order valence-corrected chi connectivity index (χ0v) is 11.0. The average Bonchev–Trinajstić information content (AvgIpc) is 2.67. The van der Waals surface area contributed by atoms with Crippen molar-refractivity contribution in [1.82, 2.24) is 5.32 Å². The van der Waals surface area contributed by atoms with Crippen LogP contribution in [0.1, 0.15) is 18.9 Å². The van der Waals surface area contributed by atoms with Gasteiger partial charge in [0.25, 0.3) is 0 Å². The minimum atomic E-state index is 0.827. The average molecular weight is 254 g/mol. The first-order valence-corrected chi connectivity index (χ1v) is 6.93. The van der Waals surface area contributed by atoms with Gasteiger partial charge in [0.1, 0.15) is 0 Å². The fourth-order valence-corrected chi connectivity index (χ4v) is 2.92. The van der Waals surface area contributed by atoms with Crippen molar-refractivity contribution in [3.05, 3.63) is 34.2 Å². The summed E-state index contributed by atoms with van der Waals surface area (Å²) in [6.45, 7) is 4.34. The van der Waals surface area contributed by atoms with E-state index in [1.54, 1.807) is 11.3 Å². The highest BCUT2D eigenvalue weighted by Crippen LogP contribution is 2.28. The zero-order chi connectivity index (χ0) is 11.4. The lowest BCUT2D eigenvalue weighted by atomic mass is 10.1. The predicted octanol–water partition coefficient (Wildman–Crippen LogP) is 4.10. The third-order valence-electron chi connectivity index (χ3n) is 2.61. The summed E-state index contributed by atoms with van der Waals surface area (Å²) in [7, 11) is 0. The van der Waals surface area contributed by atoms with Crippen LogP contribution in [0.5, 0.6) is 0 Å². The van der Waals surface area contributed by atoms with Crippen molar-refractivity contribution in [2.75, 3.05) is 13.1 Å². The molecule has 0 unspecified atom stereocenters. The van der Waals surface area contributed by atoms with Crippen molar-refractivity contribution < 1.29 is 0 Å². The number of fused-ring (bicyclic) bond motifs is 1. The number of halogens is 1. The standard InChI is InChI=1S/C13H16ClNS/c1-2-6-15-7-5-10-9-16-13-4-3-11(14)8-12(10)13/h3-4,8-9,15H,2,5-7H2,1H3. The normalized spacial score (nSPS) is 11.1. The van der Waals surface area contributed by atoms with Crippen LogP contribution < -0.4 is 5.32 Å². The van der Waals surface area contributed by atoms with Crippen LogP contribution in [0.4, 0.5) is 0 Å². The van der Waals surface area contributed by atoms with E-state index in [2.05, 4.69) is 29.8 Å². The molecule has 0 amide bonds. The Morgan fingerprint density at radius 2 is 2.19 bits per heavy atom. The Morgan fingerprint density at radius 3 is 3.00 bits per heavy atom. The monoisotopic (exact) mass is 253 g/mol. The van der Waals surface area contributed by atoms with Gasteiger partial charge >= 0.3 is 0 Å². The molecule has 86 valence electrons. The predicted molar refractivity (Wildman–Crippen MR) is 73.7 cm³/mol. The summed E-state index contributed by atoms with van der Waals surface area (Å²) in [5, 5.41) is 7.81. The molecule has 0 radical (unpaired) electrons. The fourth-order valence-electron chi connectivity index (χ4n) is 1.77. The SMILES string of the molecule is CCCNCCc1csc2ccc(Cl)cc12. The molecule has 0 saturated heterocycles. The van der Waals surface area contributed by atoms with E-state index in [1.165, 1.54) is 22.1 Å². The van der Waals surface area contributed by atoms with Crippen LogP contribution in [-0.2, 0) is 6.42 Å². The number of benzene rings is 1. The minimum Gasteiger partial charge on any atom is -0.316 e. The van der Waals surface area contributed by atoms with Gasteiger partial charge in [-0.2, -0.15) is 0 Å². The third-order valence-corrected chi connectivity index (χ3v) is 3.86. The van der Waals surface area contributed by atoms with Gasteiger partial charge in [-0.25, -0.2) is 0 Å². The van der Waals surface area contributed by atoms with Gasteiger partial charge in [0.05, 0.1) is 0 Å². The largest absolute Gasteiger partial charge is 0.316 e. The van der Waals surface area contributed by atoms with Crippen molar-refractivity contribution in [2.45, 2.75) is 19.8 Å². The Bertz CT molecular complexity index is 464. The molecule has 0 saturated carbocycles. The van der Waals surface area contributed by atoms with Crippen molar-refractivity contribution in [1.29, 1.82) is 0 Å². The first-order valence-electron chi connectivity index (χ1n) is 5.67. The highest BCUT2D eigenvalue weighted by molar-refractivity contribution is 7.17. The van der Waals surface area contributed by atoms with Gasteiger partial charge in [-0.1, -0.05) is 18.5 Å². The first-order chi connectivity index (χ1) is 7.81. The molecule has 0 aliphatic carbocycles. The van der Waals surface area contributed by atoms with E-state index < -0.39 is 0 Å². The maximum Gasteiger partial charge on any atom is 0.0413 e. The van der Waals surface area contributed by atoms with Crippen LogP contribution in [-0.4, -0.2) is 13.1 Å². The van der Waals surface area contributed by atoms with Gasteiger partial charge in [0, 0.05) is 9.72 Å². The van der Waals surface area contributed by atoms with Crippen LogP contribution in [0.3, 0.4) is 0 Å². The van der Waals surface area contributed by atoms with Crippen LogP contribution in [0, 0.1) is 0 Å². The van der Waals surface area contributed by atoms with E-state index in [-0.39, 0.29) is 0 Å². The molecular weight excluding hydrogens is 238 g/mol. The molecule has 1 aromatic carbocycles. The molecule has 0 fully saturated rings. The molecule has 0 atom stereocenters. The van der Waals surface area contributed by atoms with E-state index in [4.69, 9.17) is 11.6 Å². The lowest BCUT2D eigenvalue weighted by molar-refractivity contribution is 0.673. The summed E-state index contributed by atoms with van der Waals surface area (Å²) in [4.78, 5) is 0. The van der Waals surface area contributed by atoms with Gasteiger partial charge < -0.3 is 5.32 Å². The van der Waals surface area contributed by atoms with E-state index in [1.807, 2.05) is 6.07 Å². The van der Waals surface area contributed by atoms with Gasteiger partial charge in [-0.05, 0) is 60.5 Å². The number of nitrogens with one attached hydrogen (secondary N) is 1. The molecule has 0 aliphatic rings. The van der Waals surface area contributed by atoms with Crippen molar-refractivity contribution in [2.24, 2.45) is 0 Å². The number of hydrogen-bond donors (Lipinski definition) is 1. The second-order valence-electron chi connectivity index (χ2n) is 3.90. The Balaban J connectivity index is 2.09. The van der Waals surface area contributed by atoms with Crippen LogP contribution in [0.2, 0.25) is 5.02 Å². The van der Waals surface area contributed by atoms with Gasteiger partial charge in [-0.15, -0.1) is 11.3 Å². The maximum atomic E-state index is 6.02. The smallest absolute Gasteiger partial charge is 0.0413 e. The third kappa shape index (κ3) is 2.76. The lowest BCUT2D eigenvalue weighted by Gasteiger charge is -2.02.